The van der Waals surface area contributed by atoms with E-state index in [9.17, 15) is 5.26 Å². The lowest BCUT2D eigenvalue weighted by Crippen LogP contribution is -1.97. The van der Waals surface area contributed by atoms with Crippen molar-refractivity contribution in [3.05, 3.63) is 95.1 Å². The lowest BCUT2D eigenvalue weighted by Gasteiger charge is -2.13. The molecular formula is C23H14BrN3. The third kappa shape index (κ3) is 3.51. The maximum atomic E-state index is 9.92. The van der Waals surface area contributed by atoms with E-state index in [0.717, 1.165) is 32.6 Å². The van der Waals surface area contributed by atoms with Gasteiger partial charge in [0.25, 0.3) is 0 Å². The lowest BCUT2D eigenvalue weighted by molar-refractivity contribution is 1.24. The Morgan fingerprint density at radius 3 is 2.19 bits per heavy atom. The monoisotopic (exact) mass is 411 g/mol. The van der Waals surface area contributed by atoms with E-state index in [0.29, 0.717) is 11.3 Å². The number of nitriles is 1. The smallest absolute Gasteiger partial charge is 0.102 e. The summed E-state index contributed by atoms with van der Waals surface area (Å²) in [6.07, 6.45) is 1.75. The summed E-state index contributed by atoms with van der Waals surface area (Å²) in [6, 6.07) is 27.8. The number of halogens is 1. The Bertz CT molecular complexity index is 1120. The lowest BCUT2D eigenvalue weighted by atomic mass is 9.95. The van der Waals surface area contributed by atoms with E-state index < -0.39 is 0 Å². The molecule has 4 heteroatoms. The standard InChI is InChI=1S/C23H14BrN3/c24-18-11-9-16(10-12-18)19-14-22(21-8-4-5-13-26-21)27-23(20(19)15-25)17-6-2-1-3-7-17/h1-14H. The molecule has 4 aromatic rings. The Hall–Kier alpha value is -3.29. The van der Waals surface area contributed by atoms with Crippen molar-refractivity contribution in [3.8, 4) is 39.8 Å². The molecule has 0 saturated heterocycles. The van der Waals surface area contributed by atoms with Crippen LogP contribution in [0.15, 0.2) is 89.5 Å². The summed E-state index contributed by atoms with van der Waals surface area (Å²) in [5.41, 5.74) is 5.46. The van der Waals surface area contributed by atoms with Gasteiger partial charge in [0.2, 0.25) is 0 Å². The van der Waals surface area contributed by atoms with Crippen LogP contribution in [0.3, 0.4) is 0 Å². The highest BCUT2D eigenvalue weighted by Gasteiger charge is 2.17. The van der Waals surface area contributed by atoms with Crippen molar-refractivity contribution in [2.24, 2.45) is 0 Å². The first kappa shape index (κ1) is 17.1. The maximum Gasteiger partial charge on any atom is 0.102 e. The normalized spacial score (nSPS) is 10.4. The topological polar surface area (TPSA) is 49.6 Å². The predicted molar refractivity (Wildman–Crippen MR) is 111 cm³/mol. The van der Waals surface area contributed by atoms with Gasteiger partial charge in [-0.3, -0.25) is 4.98 Å². The number of pyridine rings is 2. The zero-order valence-corrected chi connectivity index (χ0v) is 15.9. The van der Waals surface area contributed by atoms with E-state index in [2.05, 4.69) is 27.0 Å². The van der Waals surface area contributed by atoms with Crippen LogP contribution in [0, 0.1) is 11.3 Å². The molecule has 4 rings (SSSR count). The van der Waals surface area contributed by atoms with Crippen LogP contribution >= 0.6 is 15.9 Å². The molecule has 0 radical (unpaired) electrons. The fourth-order valence-electron chi connectivity index (χ4n) is 2.97. The van der Waals surface area contributed by atoms with Gasteiger partial charge >= 0.3 is 0 Å². The van der Waals surface area contributed by atoms with Crippen LogP contribution in [0.2, 0.25) is 0 Å². The second-order valence-electron chi connectivity index (χ2n) is 5.98. The minimum atomic E-state index is 0.559. The molecule has 0 saturated carbocycles. The molecule has 3 nitrogen and oxygen atoms in total. The van der Waals surface area contributed by atoms with Gasteiger partial charge in [-0.05, 0) is 35.9 Å². The number of aromatic nitrogens is 2. The van der Waals surface area contributed by atoms with E-state index in [4.69, 9.17) is 4.98 Å². The number of hydrogen-bond acceptors (Lipinski definition) is 3. The number of rotatable bonds is 3. The second-order valence-corrected chi connectivity index (χ2v) is 6.89. The van der Waals surface area contributed by atoms with Crippen LogP contribution in [0.1, 0.15) is 5.56 Å². The fraction of sp³-hybridized carbons (Fsp3) is 0. The van der Waals surface area contributed by atoms with Gasteiger partial charge in [-0.1, -0.05) is 64.5 Å². The Labute approximate surface area is 166 Å². The molecule has 2 aromatic carbocycles. The van der Waals surface area contributed by atoms with Crippen LogP contribution in [-0.2, 0) is 0 Å². The summed E-state index contributed by atoms with van der Waals surface area (Å²) < 4.78 is 0.993. The SMILES string of the molecule is N#Cc1c(-c2ccc(Br)cc2)cc(-c2ccccn2)nc1-c1ccccc1. The fourth-order valence-corrected chi connectivity index (χ4v) is 3.23. The third-order valence-corrected chi connectivity index (χ3v) is 4.79. The molecule has 0 fully saturated rings. The predicted octanol–water partition coefficient (Wildman–Crippen LogP) is 6.11. The molecule has 0 N–H and O–H groups in total. The maximum absolute atomic E-state index is 9.92. The van der Waals surface area contributed by atoms with Crippen molar-refractivity contribution in [1.82, 2.24) is 9.97 Å². The molecule has 0 unspecified atom stereocenters. The van der Waals surface area contributed by atoms with Gasteiger partial charge in [-0.15, -0.1) is 0 Å². The van der Waals surface area contributed by atoms with Gasteiger partial charge in [0.1, 0.15) is 6.07 Å². The molecule has 0 amide bonds. The van der Waals surface area contributed by atoms with Gasteiger partial charge < -0.3 is 0 Å². The van der Waals surface area contributed by atoms with Gasteiger partial charge in [0, 0.05) is 21.8 Å². The first-order valence-corrected chi connectivity index (χ1v) is 9.23. The van der Waals surface area contributed by atoms with E-state index in [1.807, 2.05) is 78.9 Å². The van der Waals surface area contributed by atoms with Crippen molar-refractivity contribution >= 4 is 15.9 Å². The quantitative estimate of drug-likeness (QED) is 0.408. The average molecular weight is 412 g/mol. The molecule has 128 valence electrons. The molecular weight excluding hydrogens is 398 g/mol. The van der Waals surface area contributed by atoms with Crippen LogP contribution < -0.4 is 0 Å². The number of nitrogens with zero attached hydrogens (tertiary/aromatic N) is 3. The van der Waals surface area contributed by atoms with E-state index in [1.165, 1.54) is 0 Å². The summed E-state index contributed by atoms with van der Waals surface area (Å²) in [5.74, 6) is 0. The highest BCUT2D eigenvalue weighted by molar-refractivity contribution is 9.10. The molecule has 0 spiro atoms. The third-order valence-electron chi connectivity index (χ3n) is 4.26. The van der Waals surface area contributed by atoms with E-state index >= 15 is 0 Å². The number of benzene rings is 2. The molecule has 0 aliphatic heterocycles. The largest absolute Gasteiger partial charge is 0.255 e. The van der Waals surface area contributed by atoms with Crippen molar-refractivity contribution < 1.29 is 0 Å². The minimum absolute atomic E-state index is 0.559. The summed E-state index contributed by atoms with van der Waals surface area (Å²) in [6.45, 7) is 0. The highest BCUT2D eigenvalue weighted by Crippen LogP contribution is 2.34. The van der Waals surface area contributed by atoms with Crippen molar-refractivity contribution in [1.29, 1.82) is 5.26 Å². The average Bonchev–Trinajstić information content (AvgIpc) is 2.74. The first-order chi connectivity index (χ1) is 13.3. The molecule has 0 aliphatic carbocycles. The molecule has 27 heavy (non-hydrogen) atoms. The zero-order chi connectivity index (χ0) is 18.6. The molecule has 2 aromatic heterocycles. The molecule has 2 heterocycles. The summed E-state index contributed by atoms with van der Waals surface area (Å²) in [5, 5.41) is 9.92. The van der Waals surface area contributed by atoms with Crippen LogP contribution in [0.5, 0.6) is 0 Å². The summed E-state index contributed by atoms with van der Waals surface area (Å²) in [7, 11) is 0. The van der Waals surface area contributed by atoms with E-state index in [1.54, 1.807) is 6.20 Å². The van der Waals surface area contributed by atoms with Crippen LogP contribution in [-0.4, -0.2) is 9.97 Å². The van der Waals surface area contributed by atoms with Gasteiger partial charge in [0.15, 0.2) is 0 Å². The van der Waals surface area contributed by atoms with Gasteiger partial charge in [0.05, 0.1) is 22.6 Å². The summed E-state index contributed by atoms with van der Waals surface area (Å²) >= 11 is 3.47. The Balaban J connectivity index is 2.02. The Morgan fingerprint density at radius 1 is 0.778 bits per heavy atom. The number of hydrogen-bond donors (Lipinski definition) is 0. The molecule has 0 atom stereocenters. The zero-order valence-electron chi connectivity index (χ0n) is 14.3. The second kappa shape index (κ2) is 7.53. The minimum Gasteiger partial charge on any atom is -0.255 e. The van der Waals surface area contributed by atoms with Gasteiger partial charge in [-0.2, -0.15) is 5.26 Å². The summed E-state index contributed by atoms with van der Waals surface area (Å²) in [4.78, 5) is 9.23. The first-order valence-electron chi connectivity index (χ1n) is 8.44. The van der Waals surface area contributed by atoms with Crippen molar-refractivity contribution in [2.75, 3.05) is 0 Å². The molecule has 0 aliphatic rings. The highest BCUT2D eigenvalue weighted by atomic mass is 79.9. The van der Waals surface area contributed by atoms with Crippen LogP contribution in [0.25, 0.3) is 33.8 Å². The van der Waals surface area contributed by atoms with Crippen molar-refractivity contribution in [3.63, 3.8) is 0 Å². The van der Waals surface area contributed by atoms with Gasteiger partial charge in [-0.25, -0.2) is 4.98 Å². The van der Waals surface area contributed by atoms with Crippen molar-refractivity contribution in [2.45, 2.75) is 0 Å². The van der Waals surface area contributed by atoms with Crippen LogP contribution in [0.4, 0.5) is 0 Å². The molecule has 0 bridgehead atoms. The Kier molecular flexibility index (Phi) is 4.78. The van der Waals surface area contributed by atoms with E-state index in [-0.39, 0.29) is 0 Å². The Morgan fingerprint density at radius 2 is 1.52 bits per heavy atom.